The van der Waals surface area contributed by atoms with Crippen molar-refractivity contribution in [2.75, 3.05) is 6.54 Å². The molecule has 0 aliphatic heterocycles. The maximum absolute atomic E-state index is 11.3. The van der Waals surface area contributed by atoms with Crippen molar-refractivity contribution in [1.29, 1.82) is 0 Å². The molecule has 8 nitrogen and oxygen atoms in total. The maximum Gasteiger partial charge on any atom is 0.407 e. The molecule has 0 spiro atoms. The second-order valence-electron chi connectivity index (χ2n) is 4.68. The number of nitro groups is 1. The maximum atomic E-state index is 11.3. The fourth-order valence-electron chi connectivity index (χ4n) is 1.19. The molecular formula is C11H16N4O4. The summed E-state index contributed by atoms with van der Waals surface area (Å²) in [5.74, 6) is -0.187. The number of rotatable bonds is 4. The molecule has 0 saturated heterocycles. The lowest BCUT2D eigenvalue weighted by atomic mass is 10.2. The number of nitrogens with one attached hydrogen (secondary N) is 2. The first-order chi connectivity index (χ1) is 8.79. The van der Waals surface area contributed by atoms with Crippen LogP contribution in [-0.2, 0) is 4.74 Å². The van der Waals surface area contributed by atoms with Crippen LogP contribution in [0.15, 0.2) is 12.4 Å². The summed E-state index contributed by atoms with van der Waals surface area (Å²) in [4.78, 5) is 27.5. The van der Waals surface area contributed by atoms with Crippen LogP contribution < -0.4 is 5.32 Å². The Morgan fingerprint density at radius 1 is 1.63 bits per heavy atom. The van der Waals surface area contributed by atoms with Crippen molar-refractivity contribution in [1.82, 2.24) is 15.3 Å². The fraction of sp³-hybridized carbons (Fsp3) is 0.455. The molecule has 1 aromatic rings. The van der Waals surface area contributed by atoms with Gasteiger partial charge in [0.15, 0.2) is 12.0 Å². The van der Waals surface area contributed by atoms with Gasteiger partial charge in [0.2, 0.25) is 0 Å². The fourth-order valence-corrected chi connectivity index (χ4v) is 1.19. The van der Waals surface area contributed by atoms with Gasteiger partial charge in [-0.05, 0) is 31.8 Å². The molecule has 1 heterocycles. The molecule has 19 heavy (non-hydrogen) atoms. The zero-order valence-electron chi connectivity index (χ0n) is 11.0. The number of aromatic nitrogens is 2. The smallest absolute Gasteiger partial charge is 0.407 e. The largest absolute Gasteiger partial charge is 0.444 e. The minimum absolute atomic E-state index is 0.187. The number of hydrogen-bond donors (Lipinski definition) is 2. The second kappa shape index (κ2) is 5.98. The number of hydrogen-bond acceptors (Lipinski definition) is 5. The van der Waals surface area contributed by atoms with Crippen LogP contribution in [-0.4, -0.2) is 33.1 Å². The molecule has 0 bridgehead atoms. The number of aromatic amines is 1. The van der Waals surface area contributed by atoms with Gasteiger partial charge in [0.1, 0.15) is 5.60 Å². The average molecular weight is 268 g/mol. The molecule has 0 saturated carbocycles. The summed E-state index contributed by atoms with van der Waals surface area (Å²) in [6, 6.07) is 0. The van der Waals surface area contributed by atoms with E-state index in [-0.39, 0.29) is 18.1 Å². The van der Waals surface area contributed by atoms with E-state index in [0.29, 0.717) is 0 Å². The Bertz CT molecular complexity index is 487. The highest BCUT2D eigenvalue weighted by Gasteiger charge is 2.15. The van der Waals surface area contributed by atoms with Crippen molar-refractivity contribution in [3.8, 4) is 0 Å². The number of H-pyrrole nitrogens is 1. The average Bonchev–Trinajstić information content (AvgIpc) is 2.70. The molecule has 0 fully saturated rings. The zero-order valence-corrected chi connectivity index (χ0v) is 11.0. The third-order valence-electron chi connectivity index (χ3n) is 1.87. The van der Waals surface area contributed by atoms with Crippen LogP contribution in [0, 0.1) is 10.1 Å². The minimum atomic E-state index is -0.562. The van der Waals surface area contributed by atoms with Crippen molar-refractivity contribution < 1.29 is 14.5 Å². The van der Waals surface area contributed by atoms with Crippen LogP contribution in [0.3, 0.4) is 0 Å². The molecule has 1 aromatic heterocycles. The van der Waals surface area contributed by atoms with E-state index < -0.39 is 16.6 Å². The van der Waals surface area contributed by atoms with Crippen molar-refractivity contribution in [2.45, 2.75) is 26.4 Å². The van der Waals surface area contributed by atoms with E-state index >= 15 is 0 Å². The Labute approximate surface area is 110 Å². The number of amides is 1. The van der Waals surface area contributed by atoms with E-state index in [9.17, 15) is 14.9 Å². The molecule has 0 aliphatic rings. The zero-order chi connectivity index (χ0) is 14.5. The molecule has 2 N–H and O–H groups in total. The highest BCUT2D eigenvalue weighted by Crippen LogP contribution is 2.13. The first-order valence-electron chi connectivity index (χ1n) is 5.61. The van der Waals surface area contributed by atoms with Crippen molar-refractivity contribution in [3.05, 3.63) is 28.2 Å². The number of imidazole rings is 1. The van der Waals surface area contributed by atoms with Crippen molar-refractivity contribution in [2.24, 2.45) is 0 Å². The highest BCUT2D eigenvalue weighted by atomic mass is 16.6. The van der Waals surface area contributed by atoms with Gasteiger partial charge in [0.05, 0.1) is 0 Å². The van der Waals surface area contributed by atoms with Gasteiger partial charge in [-0.1, -0.05) is 6.08 Å². The number of nitrogens with zero attached hydrogens (tertiary/aromatic N) is 2. The minimum Gasteiger partial charge on any atom is -0.444 e. The number of carbonyl (C=O) groups excluding carboxylic acids is 1. The summed E-state index contributed by atoms with van der Waals surface area (Å²) < 4.78 is 5.02. The lowest BCUT2D eigenvalue weighted by molar-refractivity contribution is -0.389. The molecule has 0 unspecified atom stereocenters. The van der Waals surface area contributed by atoms with Gasteiger partial charge in [0.25, 0.3) is 0 Å². The Kier molecular flexibility index (Phi) is 4.62. The van der Waals surface area contributed by atoms with Crippen LogP contribution in [0.4, 0.5) is 10.6 Å². The summed E-state index contributed by atoms with van der Waals surface area (Å²) in [7, 11) is 0. The van der Waals surface area contributed by atoms with Gasteiger partial charge in [-0.2, -0.15) is 0 Å². The first kappa shape index (κ1) is 14.7. The highest BCUT2D eigenvalue weighted by molar-refractivity contribution is 5.68. The second-order valence-corrected chi connectivity index (χ2v) is 4.68. The van der Waals surface area contributed by atoms with E-state index in [1.54, 1.807) is 26.8 Å². The summed E-state index contributed by atoms with van der Waals surface area (Å²) in [5.41, 5.74) is -0.356. The lowest BCUT2D eigenvalue weighted by Crippen LogP contribution is -2.32. The van der Waals surface area contributed by atoms with Gasteiger partial charge < -0.3 is 20.2 Å². The molecular weight excluding hydrogens is 252 g/mol. The Morgan fingerprint density at radius 2 is 2.32 bits per heavy atom. The van der Waals surface area contributed by atoms with Crippen LogP contribution in [0.1, 0.15) is 26.5 Å². The van der Waals surface area contributed by atoms with Gasteiger partial charge >= 0.3 is 11.9 Å². The Balaban J connectivity index is 2.45. The Morgan fingerprint density at radius 3 is 2.89 bits per heavy atom. The standard InChI is InChI=1S/C11H16N4O4/c1-11(2,3)19-10(16)12-6-4-5-8-9(15(17)18)14-7-13-8/h4-5,7H,6H2,1-3H3,(H,12,16)(H,13,14). The first-order valence-corrected chi connectivity index (χ1v) is 5.61. The molecule has 0 aromatic carbocycles. The van der Waals surface area contributed by atoms with Gasteiger partial charge in [-0.15, -0.1) is 0 Å². The summed E-state index contributed by atoms with van der Waals surface area (Å²) >= 11 is 0. The predicted octanol–water partition coefficient (Wildman–Crippen LogP) is 1.86. The van der Waals surface area contributed by atoms with Crippen LogP contribution in [0.5, 0.6) is 0 Å². The third-order valence-corrected chi connectivity index (χ3v) is 1.87. The van der Waals surface area contributed by atoms with E-state index in [2.05, 4.69) is 15.3 Å². The molecule has 0 atom stereocenters. The van der Waals surface area contributed by atoms with E-state index in [0.717, 1.165) is 0 Å². The van der Waals surface area contributed by atoms with Gasteiger partial charge in [-0.25, -0.2) is 14.8 Å². The van der Waals surface area contributed by atoms with Gasteiger partial charge in [0, 0.05) is 6.54 Å². The van der Waals surface area contributed by atoms with Crippen LogP contribution in [0.25, 0.3) is 6.08 Å². The normalized spacial score (nSPS) is 11.5. The molecule has 104 valence electrons. The third kappa shape index (κ3) is 5.19. The SMILES string of the molecule is CC(C)(C)OC(=O)NCC=Cc1nc[nH]c1[N+](=O)[O-]. The molecule has 0 radical (unpaired) electrons. The lowest BCUT2D eigenvalue weighted by Gasteiger charge is -2.19. The summed E-state index contributed by atoms with van der Waals surface area (Å²) in [6.07, 6.45) is 3.69. The number of alkyl carbamates (subject to hydrolysis) is 1. The van der Waals surface area contributed by atoms with Crippen LogP contribution >= 0.6 is 0 Å². The predicted molar refractivity (Wildman–Crippen MR) is 68.5 cm³/mol. The van der Waals surface area contributed by atoms with E-state index in [1.165, 1.54) is 12.4 Å². The van der Waals surface area contributed by atoms with Crippen molar-refractivity contribution >= 4 is 18.0 Å². The molecule has 0 aliphatic carbocycles. The molecule has 8 heteroatoms. The van der Waals surface area contributed by atoms with E-state index in [4.69, 9.17) is 4.74 Å². The topological polar surface area (TPSA) is 110 Å². The molecule has 1 rings (SSSR count). The number of ether oxygens (including phenoxy) is 1. The van der Waals surface area contributed by atoms with Crippen LogP contribution in [0.2, 0.25) is 0 Å². The summed E-state index contributed by atoms with van der Waals surface area (Å²) in [5, 5.41) is 13.1. The quantitative estimate of drug-likeness (QED) is 0.639. The van der Waals surface area contributed by atoms with E-state index in [1.807, 2.05) is 0 Å². The van der Waals surface area contributed by atoms with Crippen molar-refractivity contribution in [3.63, 3.8) is 0 Å². The monoisotopic (exact) mass is 268 g/mol. The van der Waals surface area contributed by atoms with Gasteiger partial charge in [-0.3, -0.25) is 0 Å². The summed E-state index contributed by atoms with van der Waals surface area (Å²) in [6.45, 7) is 5.47. The number of carbonyl (C=O) groups is 1. The Hall–Kier alpha value is -2.38. The molecule has 1 amide bonds.